The topological polar surface area (TPSA) is 31.4 Å². The van der Waals surface area contributed by atoms with Crippen molar-refractivity contribution >= 4 is 0 Å². The van der Waals surface area contributed by atoms with Crippen LogP contribution >= 0.6 is 0 Å². The molecule has 0 spiro atoms. The van der Waals surface area contributed by atoms with Crippen molar-refractivity contribution in [2.75, 3.05) is 20.3 Å². The van der Waals surface area contributed by atoms with Crippen molar-refractivity contribution < 1.29 is 9.47 Å². The maximum absolute atomic E-state index is 5.29. The van der Waals surface area contributed by atoms with Crippen LogP contribution in [0.15, 0.2) is 18.2 Å². The zero-order valence-corrected chi connectivity index (χ0v) is 7.41. The van der Waals surface area contributed by atoms with Gasteiger partial charge in [-0.3, -0.25) is 0 Å². The molecule has 12 heavy (non-hydrogen) atoms. The van der Waals surface area contributed by atoms with E-state index in [2.05, 4.69) is 4.98 Å². The third-order valence-corrected chi connectivity index (χ3v) is 1.40. The van der Waals surface area contributed by atoms with Gasteiger partial charge in [-0.25, -0.2) is 4.98 Å². The van der Waals surface area contributed by atoms with Crippen LogP contribution in [0.5, 0.6) is 5.88 Å². The third kappa shape index (κ3) is 2.88. The first-order chi connectivity index (χ1) is 5.83. The summed E-state index contributed by atoms with van der Waals surface area (Å²) in [6.45, 7) is 3.08. The number of pyridine rings is 1. The Hall–Kier alpha value is -1.09. The van der Waals surface area contributed by atoms with E-state index in [9.17, 15) is 0 Å². The highest BCUT2D eigenvalue weighted by Gasteiger charge is 1.93. The van der Waals surface area contributed by atoms with Crippen LogP contribution in [0, 0.1) is 6.92 Å². The summed E-state index contributed by atoms with van der Waals surface area (Å²) < 4.78 is 10.1. The summed E-state index contributed by atoms with van der Waals surface area (Å²) in [6.07, 6.45) is 0. The number of hydrogen-bond acceptors (Lipinski definition) is 3. The van der Waals surface area contributed by atoms with Gasteiger partial charge in [0.1, 0.15) is 6.61 Å². The molecule has 3 nitrogen and oxygen atoms in total. The maximum Gasteiger partial charge on any atom is 0.213 e. The number of hydrogen-bond donors (Lipinski definition) is 0. The van der Waals surface area contributed by atoms with E-state index in [0.29, 0.717) is 19.1 Å². The summed E-state index contributed by atoms with van der Waals surface area (Å²) in [7, 11) is 1.65. The number of nitrogens with zero attached hydrogens (tertiary/aromatic N) is 1. The fourth-order valence-corrected chi connectivity index (χ4v) is 0.828. The molecule has 1 aromatic rings. The van der Waals surface area contributed by atoms with Crippen molar-refractivity contribution in [2.45, 2.75) is 6.92 Å². The molecule has 0 radical (unpaired) electrons. The van der Waals surface area contributed by atoms with Gasteiger partial charge in [0.05, 0.1) is 6.61 Å². The molecule has 66 valence electrons. The van der Waals surface area contributed by atoms with Gasteiger partial charge in [0.25, 0.3) is 0 Å². The first kappa shape index (κ1) is 9.00. The van der Waals surface area contributed by atoms with E-state index >= 15 is 0 Å². The molecule has 0 fully saturated rings. The summed E-state index contributed by atoms with van der Waals surface area (Å²) in [4.78, 5) is 4.17. The molecule has 0 bridgehead atoms. The zero-order chi connectivity index (χ0) is 8.81. The predicted molar refractivity (Wildman–Crippen MR) is 46.3 cm³/mol. The fourth-order valence-electron chi connectivity index (χ4n) is 0.828. The normalized spacial score (nSPS) is 9.83. The van der Waals surface area contributed by atoms with Crippen LogP contribution in [0.3, 0.4) is 0 Å². The summed E-state index contributed by atoms with van der Waals surface area (Å²) in [5.41, 5.74) is 0.963. The van der Waals surface area contributed by atoms with Crippen LogP contribution in [0.25, 0.3) is 0 Å². The van der Waals surface area contributed by atoms with Crippen molar-refractivity contribution in [3.63, 3.8) is 0 Å². The molecule has 0 atom stereocenters. The van der Waals surface area contributed by atoms with E-state index in [1.807, 2.05) is 25.1 Å². The minimum absolute atomic E-state index is 0.549. The molecule has 0 N–H and O–H groups in total. The lowest BCUT2D eigenvalue weighted by atomic mass is 10.4. The minimum Gasteiger partial charge on any atom is -0.475 e. The van der Waals surface area contributed by atoms with E-state index in [1.165, 1.54) is 0 Å². The molecule has 0 unspecified atom stereocenters. The molecule has 0 aliphatic carbocycles. The van der Waals surface area contributed by atoms with Gasteiger partial charge in [-0.15, -0.1) is 0 Å². The molecule has 0 saturated heterocycles. The molecule has 1 heterocycles. The van der Waals surface area contributed by atoms with Crippen LogP contribution in [0.4, 0.5) is 0 Å². The summed E-state index contributed by atoms with van der Waals surface area (Å²) in [5, 5.41) is 0. The summed E-state index contributed by atoms with van der Waals surface area (Å²) >= 11 is 0. The first-order valence-electron chi connectivity index (χ1n) is 3.88. The van der Waals surface area contributed by atoms with Crippen LogP contribution in [-0.4, -0.2) is 25.3 Å². The number of aromatic nitrogens is 1. The summed E-state index contributed by atoms with van der Waals surface area (Å²) in [5.74, 6) is 0.659. The Labute approximate surface area is 72.3 Å². The van der Waals surface area contributed by atoms with E-state index < -0.39 is 0 Å². The third-order valence-electron chi connectivity index (χ3n) is 1.40. The second-order valence-corrected chi connectivity index (χ2v) is 2.46. The maximum atomic E-state index is 5.29. The Kier molecular flexibility index (Phi) is 3.54. The number of rotatable bonds is 4. The Bertz CT molecular complexity index is 238. The van der Waals surface area contributed by atoms with Crippen LogP contribution in [-0.2, 0) is 4.74 Å². The molecule has 3 heteroatoms. The van der Waals surface area contributed by atoms with Crippen molar-refractivity contribution in [3.05, 3.63) is 23.9 Å². The highest BCUT2D eigenvalue weighted by atomic mass is 16.5. The standard InChI is InChI=1S/C9H13NO2/c1-8-4-3-5-9(10-8)12-7-6-11-2/h3-5H,6-7H2,1-2H3. The Morgan fingerprint density at radius 1 is 1.33 bits per heavy atom. The molecule has 0 aliphatic rings. The lowest BCUT2D eigenvalue weighted by molar-refractivity contribution is 0.143. The monoisotopic (exact) mass is 167 g/mol. The molecule has 1 rings (SSSR count). The lowest BCUT2D eigenvalue weighted by Gasteiger charge is -2.03. The van der Waals surface area contributed by atoms with E-state index in [1.54, 1.807) is 7.11 Å². The molecule has 0 saturated carbocycles. The van der Waals surface area contributed by atoms with E-state index in [-0.39, 0.29) is 0 Å². The number of methoxy groups -OCH3 is 1. The van der Waals surface area contributed by atoms with Gasteiger partial charge < -0.3 is 9.47 Å². The van der Waals surface area contributed by atoms with Crippen molar-refractivity contribution in [1.82, 2.24) is 4.98 Å². The molecule has 0 amide bonds. The van der Waals surface area contributed by atoms with Crippen LogP contribution < -0.4 is 4.74 Å². The largest absolute Gasteiger partial charge is 0.475 e. The molecule has 1 aromatic heterocycles. The molecule has 0 aromatic carbocycles. The Balaban J connectivity index is 2.41. The Morgan fingerprint density at radius 3 is 2.83 bits per heavy atom. The average molecular weight is 167 g/mol. The van der Waals surface area contributed by atoms with E-state index in [0.717, 1.165) is 5.69 Å². The predicted octanol–water partition coefficient (Wildman–Crippen LogP) is 1.42. The number of aryl methyl sites for hydroxylation is 1. The quantitative estimate of drug-likeness (QED) is 0.635. The van der Waals surface area contributed by atoms with Gasteiger partial charge in [0.2, 0.25) is 5.88 Å². The van der Waals surface area contributed by atoms with Gasteiger partial charge in [0.15, 0.2) is 0 Å². The minimum atomic E-state index is 0.549. The van der Waals surface area contributed by atoms with Gasteiger partial charge in [-0.2, -0.15) is 0 Å². The van der Waals surface area contributed by atoms with Gasteiger partial charge >= 0.3 is 0 Å². The zero-order valence-electron chi connectivity index (χ0n) is 7.41. The lowest BCUT2D eigenvalue weighted by Crippen LogP contribution is -2.05. The molecular formula is C9H13NO2. The van der Waals surface area contributed by atoms with Gasteiger partial charge in [0, 0.05) is 18.9 Å². The molecule has 0 aliphatic heterocycles. The van der Waals surface area contributed by atoms with Crippen LogP contribution in [0.2, 0.25) is 0 Å². The van der Waals surface area contributed by atoms with Crippen LogP contribution in [0.1, 0.15) is 5.69 Å². The summed E-state index contributed by atoms with van der Waals surface area (Å²) in [6, 6.07) is 5.69. The van der Waals surface area contributed by atoms with Gasteiger partial charge in [-0.05, 0) is 13.0 Å². The van der Waals surface area contributed by atoms with E-state index in [4.69, 9.17) is 9.47 Å². The highest BCUT2D eigenvalue weighted by molar-refractivity contribution is 5.14. The van der Waals surface area contributed by atoms with Crippen molar-refractivity contribution in [2.24, 2.45) is 0 Å². The second-order valence-electron chi connectivity index (χ2n) is 2.46. The van der Waals surface area contributed by atoms with Crippen molar-refractivity contribution in [1.29, 1.82) is 0 Å². The Morgan fingerprint density at radius 2 is 2.17 bits per heavy atom. The first-order valence-corrected chi connectivity index (χ1v) is 3.88. The smallest absolute Gasteiger partial charge is 0.213 e. The molecular weight excluding hydrogens is 154 g/mol. The highest BCUT2D eigenvalue weighted by Crippen LogP contribution is 2.05. The SMILES string of the molecule is COCCOc1cccc(C)n1. The van der Waals surface area contributed by atoms with Gasteiger partial charge in [-0.1, -0.05) is 6.07 Å². The second kappa shape index (κ2) is 4.72. The van der Waals surface area contributed by atoms with Crippen molar-refractivity contribution in [3.8, 4) is 5.88 Å². The number of ether oxygens (including phenoxy) is 2. The fraction of sp³-hybridized carbons (Fsp3) is 0.444. The average Bonchev–Trinajstić information content (AvgIpc) is 2.05.